The Bertz CT molecular complexity index is 136. The normalized spacial score (nSPS) is 19.0. The summed E-state index contributed by atoms with van der Waals surface area (Å²) in [7, 11) is 0. The molecule has 1 heterocycles. The second-order valence-corrected chi connectivity index (χ2v) is 3.29. The Labute approximate surface area is 68.8 Å². The van der Waals surface area contributed by atoms with Gasteiger partial charge in [0.25, 0.3) is 0 Å². The minimum absolute atomic E-state index is 0.494. The Morgan fingerprint density at radius 1 is 1.45 bits per heavy atom. The predicted molar refractivity (Wildman–Crippen MR) is 45.9 cm³/mol. The molecule has 0 atom stereocenters. The molecule has 0 N–H and O–H groups in total. The lowest BCUT2D eigenvalue weighted by Crippen LogP contribution is -2.30. The summed E-state index contributed by atoms with van der Waals surface area (Å²) in [6.45, 7) is 10.1. The highest BCUT2D eigenvalue weighted by atomic mass is 16.7. The Morgan fingerprint density at radius 2 is 2.18 bits per heavy atom. The van der Waals surface area contributed by atoms with Crippen LogP contribution in [-0.4, -0.2) is 18.2 Å². The molecule has 0 unspecified atom stereocenters. The number of allylic oxidation sites excluding steroid dienone is 1. The van der Waals surface area contributed by atoms with E-state index in [9.17, 15) is 0 Å². The van der Waals surface area contributed by atoms with Crippen LogP contribution in [0.3, 0.4) is 0 Å². The van der Waals surface area contributed by atoms with Gasteiger partial charge in [-0.25, -0.2) is 0 Å². The van der Waals surface area contributed by atoms with Crippen molar-refractivity contribution in [2.45, 2.75) is 26.7 Å². The first-order chi connectivity index (χ1) is 5.22. The molecule has 0 radical (unpaired) electrons. The molecule has 2 nitrogen and oxygen atoms in total. The molecule has 1 aliphatic heterocycles. The van der Waals surface area contributed by atoms with E-state index in [1.807, 2.05) is 5.06 Å². The van der Waals surface area contributed by atoms with E-state index in [4.69, 9.17) is 4.84 Å². The first-order valence-electron chi connectivity index (χ1n) is 4.31. The average molecular weight is 155 g/mol. The highest BCUT2D eigenvalue weighted by Gasteiger charge is 2.14. The first kappa shape index (κ1) is 8.60. The molecule has 1 fully saturated rings. The van der Waals surface area contributed by atoms with Gasteiger partial charge in [0.15, 0.2) is 0 Å². The third-order valence-electron chi connectivity index (χ3n) is 1.99. The number of hydrogen-bond acceptors (Lipinski definition) is 2. The van der Waals surface area contributed by atoms with Crippen LogP contribution < -0.4 is 0 Å². The minimum atomic E-state index is 0.494. The molecule has 0 aliphatic carbocycles. The van der Waals surface area contributed by atoms with Crippen molar-refractivity contribution >= 4 is 0 Å². The van der Waals surface area contributed by atoms with Gasteiger partial charge in [0.1, 0.15) is 0 Å². The summed E-state index contributed by atoms with van der Waals surface area (Å²) in [5.41, 5.74) is 1.10. The third kappa shape index (κ3) is 2.22. The second-order valence-electron chi connectivity index (χ2n) is 3.29. The van der Waals surface area contributed by atoms with Crippen molar-refractivity contribution < 1.29 is 4.84 Å². The van der Waals surface area contributed by atoms with Crippen molar-refractivity contribution in [1.82, 2.24) is 5.06 Å². The van der Waals surface area contributed by atoms with E-state index in [1.165, 1.54) is 12.8 Å². The van der Waals surface area contributed by atoms with Gasteiger partial charge in [-0.1, -0.05) is 20.4 Å². The van der Waals surface area contributed by atoms with E-state index in [0.717, 1.165) is 18.8 Å². The van der Waals surface area contributed by atoms with Crippen LogP contribution in [0.1, 0.15) is 26.7 Å². The third-order valence-corrected chi connectivity index (χ3v) is 1.99. The molecule has 64 valence electrons. The smallest absolute Gasteiger partial charge is 0.0749 e. The first-order valence-corrected chi connectivity index (χ1v) is 4.31. The predicted octanol–water partition coefficient (Wildman–Crippen LogP) is 2.18. The fourth-order valence-corrected chi connectivity index (χ4v) is 1.11. The molecular formula is C9H17NO. The van der Waals surface area contributed by atoms with Crippen molar-refractivity contribution in [3.05, 3.63) is 12.3 Å². The quantitative estimate of drug-likeness (QED) is 0.606. The van der Waals surface area contributed by atoms with Crippen molar-refractivity contribution in [2.24, 2.45) is 5.92 Å². The summed E-state index contributed by atoms with van der Waals surface area (Å²) in [6, 6.07) is 0. The van der Waals surface area contributed by atoms with Crippen LogP contribution >= 0.6 is 0 Å². The van der Waals surface area contributed by atoms with E-state index in [2.05, 4.69) is 20.4 Å². The largest absolute Gasteiger partial charge is 0.274 e. The van der Waals surface area contributed by atoms with Gasteiger partial charge in [-0.2, -0.15) is 0 Å². The Balaban J connectivity index is 2.39. The lowest BCUT2D eigenvalue weighted by molar-refractivity contribution is -0.158. The molecule has 0 amide bonds. The number of nitrogens with zero attached hydrogens (tertiary/aromatic N) is 1. The number of hydrogen-bond donors (Lipinski definition) is 0. The van der Waals surface area contributed by atoms with Crippen molar-refractivity contribution in [3.63, 3.8) is 0 Å². The van der Waals surface area contributed by atoms with E-state index in [1.54, 1.807) is 0 Å². The van der Waals surface area contributed by atoms with Crippen LogP contribution in [0.2, 0.25) is 0 Å². The second kappa shape index (κ2) is 3.77. The summed E-state index contributed by atoms with van der Waals surface area (Å²) in [4.78, 5) is 5.43. The van der Waals surface area contributed by atoms with Crippen LogP contribution in [0, 0.1) is 5.92 Å². The van der Waals surface area contributed by atoms with Gasteiger partial charge >= 0.3 is 0 Å². The molecule has 11 heavy (non-hydrogen) atoms. The van der Waals surface area contributed by atoms with Gasteiger partial charge in [-0.15, -0.1) is 0 Å². The lowest BCUT2D eigenvalue weighted by atomic mass is 10.1. The van der Waals surface area contributed by atoms with Crippen molar-refractivity contribution in [1.29, 1.82) is 0 Å². The maximum atomic E-state index is 5.43. The molecule has 1 aliphatic rings. The van der Waals surface area contributed by atoms with Gasteiger partial charge in [-0.05, 0) is 18.8 Å². The summed E-state index contributed by atoms with van der Waals surface area (Å²) < 4.78 is 0. The maximum absolute atomic E-state index is 5.43. The van der Waals surface area contributed by atoms with Crippen molar-refractivity contribution in [3.8, 4) is 0 Å². The molecule has 0 bridgehead atoms. The van der Waals surface area contributed by atoms with E-state index in [0.29, 0.717) is 5.92 Å². The molecule has 2 heteroatoms. The van der Waals surface area contributed by atoms with Crippen LogP contribution in [0.25, 0.3) is 0 Å². The fourth-order valence-electron chi connectivity index (χ4n) is 1.11. The monoisotopic (exact) mass is 155 g/mol. The molecule has 1 saturated heterocycles. The molecular weight excluding hydrogens is 138 g/mol. The Kier molecular flexibility index (Phi) is 2.94. The lowest BCUT2D eigenvalue weighted by Gasteiger charge is -2.31. The van der Waals surface area contributed by atoms with Crippen LogP contribution in [-0.2, 0) is 4.84 Å². The zero-order valence-corrected chi connectivity index (χ0v) is 7.47. The molecule has 0 aromatic rings. The highest BCUT2D eigenvalue weighted by Crippen LogP contribution is 2.17. The highest BCUT2D eigenvalue weighted by molar-refractivity contribution is 4.94. The van der Waals surface area contributed by atoms with E-state index >= 15 is 0 Å². The molecule has 1 rings (SSSR count). The number of rotatable bonds is 2. The molecule has 0 aromatic heterocycles. The molecule has 0 saturated carbocycles. The molecule has 0 aromatic carbocycles. The van der Waals surface area contributed by atoms with Gasteiger partial charge in [-0.3, -0.25) is 9.90 Å². The zero-order chi connectivity index (χ0) is 8.27. The summed E-state index contributed by atoms with van der Waals surface area (Å²) in [6.07, 6.45) is 2.41. The fraction of sp³-hybridized carbons (Fsp3) is 0.778. The molecule has 0 spiro atoms. The maximum Gasteiger partial charge on any atom is 0.0749 e. The van der Waals surface area contributed by atoms with Gasteiger partial charge in [0.05, 0.1) is 6.61 Å². The van der Waals surface area contributed by atoms with E-state index < -0.39 is 0 Å². The van der Waals surface area contributed by atoms with Crippen LogP contribution in [0.15, 0.2) is 12.3 Å². The number of hydroxylamine groups is 2. The van der Waals surface area contributed by atoms with E-state index in [-0.39, 0.29) is 0 Å². The summed E-state index contributed by atoms with van der Waals surface area (Å²) in [5.74, 6) is 0.494. The standard InChI is InChI=1S/C9H17NO/c1-8(2)9(3)10-6-4-5-7-11-10/h8H,3-7H2,1-2H3. The SMILES string of the molecule is C=C(C(C)C)N1CCCCO1. The van der Waals surface area contributed by atoms with Gasteiger partial charge in [0, 0.05) is 12.2 Å². The van der Waals surface area contributed by atoms with Crippen molar-refractivity contribution in [2.75, 3.05) is 13.2 Å². The van der Waals surface area contributed by atoms with Crippen LogP contribution in [0.5, 0.6) is 0 Å². The summed E-state index contributed by atoms with van der Waals surface area (Å²) in [5, 5.41) is 1.94. The Hall–Kier alpha value is -0.500. The van der Waals surface area contributed by atoms with Crippen LogP contribution in [0.4, 0.5) is 0 Å². The summed E-state index contributed by atoms with van der Waals surface area (Å²) >= 11 is 0. The average Bonchev–Trinajstić information content (AvgIpc) is 2.05. The topological polar surface area (TPSA) is 12.5 Å². The zero-order valence-electron chi connectivity index (χ0n) is 7.47. The minimum Gasteiger partial charge on any atom is -0.274 e. The van der Waals surface area contributed by atoms with Gasteiger partial charge < -0.3 is 0 Å². The Morgan fingerprint density at radius 3 is 2.64 bits per heavy atom. The van der Waals surface area contributed by atoms with Gasteiger partial charge in [0.2, 0.25) is 0 Å².